The van der Waals surface area contributed by atoms with Gasteiger partial charge in [-0.15, -0.1) is 0 Å². The van der Waals surface area contributed by atoms with Gasteiger partial charge in [-0.2, -0.15) is 5.10 Å². The number of benzene rings is 3. The molecular formula is C19H12ClFN2O2. The van der Waals surface area contributed by atoms with Crippen LogP contribution in [0.4, 0.5) is 4.39 Å². The lowest BCUT2D eigenvalue weighted by atomic mass is 10.0. The Balaban J connectivity index is 1.84. The number of hydrogen-bond donors (Lipinski definition) is 2. The van der Waals surface area contributed by atoms with E-state index in [9.17, 15) is 14.6 Å². The summed E-state index contributed by atoms with van der Waals surface area (Å²) in [6.45, 7) is 0. The predicted octanol–water partition coefficient (Wildman–Crippen LogP) is 4.90. The Morgan fingerprint density at radius 1 is 0.920 bits per heavy atom. The van der Waals surface area contributed by atoms with Crippen LogP contribution >= 0.6 is 11.6 Å². The Kier molecular flexibility index (Phi) is 3.58. The van der Waals surface area contributed by atoms with Crippen LogP contribution in [0.3, 0.4) is 0 Å². The number of phenolic OH excluding ortho intramolecular Hbond substituents is 2. The molecule has 0 aliphatic heterocycles. The fourth-order valence-electron chi connectivity index (χ4n) is 2.76. The summed E-state index contributed by atoms with van der Waals surface area (Å²) >= 11 is 5.97. The summed E-state index contributed by atoms with van der Waals surface area (Å²) in [7, 11) is 0. The minimum absolute atomic E-state index is 0.0266. The molecule has 4 aromatic rings. The van der Waals surface area contributed by atoms with Crippen molar-refractivity contribution in [3.63, 3.8) is 0 Å². The number of rotatable bonds is 2. The van der Waals surface area contributed by atoms with Gasteiger partial charge in [0.1, 0.15) is 11.4 Å². The molecule has 0 aliphatic rings. The molecule has 0 fully saturated rings. The lowest BCUT2D eigenvalue weighted by molar-refractivity contribution is 0.430. The van der Waals surface area contributed by atoms with E-state index >= 15 is 0 Å². The molecule has 0 unspecified atom stereocenters. The highest BCUT2D eigenvalue weighted by Crippen LogP contribution is 2.32. The Labute approximate surface area is 147 Å². The van der Waals surface area contributed by atoms with Crippen LogP contribution in [0, 0.1) is 5.82 Å². The molecule has 0 amide bonds. The van der Waals surface area contributed by atoms with Gasteiger partial charge in [-0.25, -0.2) is 9.07 Å². The molecule has 0 saturated heterocycles. The molecule has 0 bridgehead atoms. The maximum Gasteiger partial charge on any atom is 0.190 e. The van der Waals surface area contributed by atoms with Crippen LogP contribution < -0.4 is 0 Å². The first-order valence-electron chi connectivity index (χ1n) is 7.49. The van der Waals surface area contributed by atoms with Gasteiger partial charge < -0.3 is 10.2 Å². The van der Waals surface area contributed by atoms with Crippen LogP contribution in [-0.2, 0) is 0 Å². The lowest BCUT2D eigenvalue weighted by Crippen LogP contribution is -1.99. The van der Waals surface area contributed by atoms with Gasteiger partial charge in [0, 0.05) is 5.39 Å². The van der Waals surface area contributed by atoms with E-state index in [1.165, 1.54) is 16.8 Å². The van der Waals surface area contributed by atoms with Crippen molar-refractivity contribution in [2.24, 2.45) is 0 Å². The van der Waals surface area contributed by atoms with E-state index in [1.54, 1.807) is 30.5 Å². The Morgan fingerprint density at radius 3 is 2.48 bits per heavy atom. The normalized spacial score (nSPS) is 11.1. The third-order valence-electron chi connectivity index (χ3n) is 4.04. The van der Waals surface area contributed by atoms with Crippen LogP contribution in [0.2, 0.25) is 5.02 Å². The van der Waals surface area contributed by atoms with Crippen molar-refractivity contribution >= 4 is 22.5 Å². The Hall–Kier alpha value is -3.05. The molecule has 3 aromatic carbocycles. The lowest BCUT2D eigenvalue weighted by Gasteiger charge is -2.07. The van der Waals surface area contributed by atoms with Crippen molar-refractivity contribution in [2.45, 2.75) is 0 Å². The summed E-state index contributed by atoms with van der Waals surface area (Å²) in [6.07, 6.45) is 1.63. The molecule has 0 atom stereocenters. The maximum absolute atomic E-state index is 14.2. The van der Waals surface area contributed by atoms with Crippen molar-refractivity contribution in [3.8, 4) is 28.3 Å². The predicted molar refractivity (Wildman–Crippen MR) is 94.8 cm³/mol. The average Bonchev–Trinajstić information content (AvgIpc) is 3.03. The van der Waals surface area contributed by atoms with E-state index in [1.807, 2.05) is 18.2 Å². The van der Waals surface area contributed by atoms with Gasteiger partial charge in [0.05, 0.1) is 16.7 Å². The molecule has 0 aliphatic carbocycles. The number of fused-ring (bicyclic) bond motifs is 1. The van der Waals surface area contributed by atoms with Crippen LogP contribution in [-0.4, -0.2) is 20.0 Å². The van der Waals surface area contributed by atoms with Gasteiger partial charge in [0.25, 0.3) is 0 Å². The summed E-state index contributed by atoms with van der Waals surface area (Å²) in [4.78, 5) is 0. The van der Waals surface area contributed by atoms with Gasteiger partial charge in [-0.3, -0.25) is 0 Å². The largest absolute Gasteiger partial charge is 0.506 e. The molecule has 0 spiro atoms. The maximum atomic E-state index is 14.2. The Morgan fingerprint density at radius 2 is 1.68 bits per heavy atom. The van der Waals surface area contributed by atoms with E-state index in [4.69, 9.17) is 11.6 Å². The van der Waals surface area contributed by atoms with Crippen LogP contribution in [0.15, 0.2) is 60.8 Å². The smallest absolute Gasteiger partial charge is 0.190 e. The summed E-state index contributed by atoms with van der Waals surface area (Å²) in [5.74, 6) is -1.11. The van der Waals surface area contributed by atoms with Crippen LogP contribution in [0.1, 0.15) is 0 Å². The highest BCUT2D eigenvalue weighted by atomic mass is 35.5. The number of nitrogens with zero attached hydrogens (tertiary/aromatic N) is 2. The molecule has 6 heteroatoms. The molecule has 2 N–H and O–H groups in total. The number of hydrogen-bond acceptors (Lipinski definition) is 3. The highest BCUT2D eigenvalue weighted by molar-refractivity contribution is 6.32. The summed E-state index contributed by atoms with van der Waals surface area (Å²) in [5, 5.41) is 24.4. The van der Waals surface area contributed by atoms with E-state index in [2.05, 4.69) is 5.10 Å². The molecule has 4 rings (SSSR count). The third kappa shape index (κ3) is 2.58. The van der Waals surface area contributed by atoms with Crippen molar-refractivity contribution in [1.82, 2.24) is 9.78 Å². The van der Waals surface area contributed by atoms with Crippen molar-refractivity contribution in [1.29, 1.82) is 0 Å². The second-order valence-corrected chi connectivity index (χ2v) is 6.01. The van der Waals surface area contributed by atoms with Gasteiger partial charge >= 0.3 is 0 Å². The van der Waals surface area contributed by atoms with Gasteiger partial charge in [-0.1, -0.05) is 29.8 Å². The first-order valence-corrected chi connectivity index (χ1v) is 7.87. The zero-order valence-electron chi connectivity index (χ0n) is 12.8. The average molecular weight is 355 g/mol. The molecule has 1 heterocycles. The molecule has 124 valence electrons. The van der Waals surface area contributed by atoms with Crippen LogP contribution in [0.5, 0.6) is 11.5 Å². The van der Waals surface area contributed by atoms with Crippen molar-refractivity contribution < 1.29 is 14.6 Å². The second kappa shape index (κ2) is 5.79. The van der Waals surface area contributed by atoms with Crippen molar-refractivity contribution in [2.75, 3.05) is 0 Å². The zero-order chi connectivity index (χ0) is 17.6. The molecule has 1 aromatic heterocycles. The highest BCUT2D eigenvalue weighted by Gasteiger charge is 2.13. The first kappa shape index (κ1) is 15.5. The van der Waals surface area contributed by atoms with Gasteiger partial charge in [0.15, 0.2) is 11.6 Å². The topological polar surface area (TPSA) is 58.3 Å². The standard InChI is InChI=1S/C19H12ClFN2O2/c20-14-9-12(5-7-17(14)24)11-4-6-15-13(8-11)10-22-23(15)16-2-1-3-18(25)19(16)21/h1-10,24-25H. The second-order valence-electron chi connectivity index (χ2n) is 5.61. The minimum atomic E-state index is -0.720. The van der Waals surface area contributed by atoms with E-state index in [0.29, 0.717) is 5.52 Å². The molecule has 0 saturated carbocycles. The van der Waals surface area contributed by atoms with Gasteiger partial charge in [-0.05, 0) is 47.5 Å². The van der Waals surface area contributed by atoms with Crippen molar-refractivity contribution in [3.05, 3.63) is 71.6 Å². The van der Waals surface area contributed by atoms with E-state index in [0.717, 1.165) is 16.5 Å². The monoisotopic (exact) mass is 354 g/mol. The number of halogens is 2. The fraction of sp³-hybridized carbons (Fsp3) is 0. The summed E-state index contributed by atoms with van der Waals surface area (Å²) in [5.41, 5.74) is 2.62. The third-order valence-corrected chi connectivity index (χ3v) is 4.34. The van der Waals surface area contributed by atoms with Crippen LogP contribution in [0.25, 0.3) is 27.7 Å². The molecule has 4 nitrogen and oxygen atoms in total. The first-order chi connectivity index (χ1) is 12.0. The molecule has 25 heavy (non-hydrogen) atoms. The minimum Gasteiger partial charge on any atom is -0.506 e. The zero-order valence-corrected chi connectivity index (χ0v) is 13.6. The van der Waals surface area contributed by atoms with E-state index < -0.39 is 11.6 Å². The Bertz CT molecular complexity index is 1110. The number of phenols is 2. The fourth-order valence-corrected chi connectivity index (χ4v) is 2.94. The molecule has 0 radical (unpaired) electrons. The van der Waals surface area contributed by atoms with Gasteiger partial charge in [0.2, 0.25) is 0 Å². The van der Waals surface area contributed by atoms with E-state index in [-0.39, 0.29) is 16.5 Å². The quantitative estimate of drug-likeness (QED) is 0.538. The summed E-state index contributed by atoms with van der Waals surface area (Å²) in [6, 6.07) is 15.0. The molecular weight excluding hydrogens is 343 g/mol. The number of aromatic hydroxyl groups is 2. The summed E-state index contributed by atoms with van der Waals surface area (Å²) < 4.78 is 15.6. The SMILES string of the molecule is Oc1ccc(-c2ccc3c(cnn3-c3cccc(O)c3F)c2)cc1Cl. The number of aromatic nitrogens is 2.